The van der Waals surface area contributed by atoms with Gasteiger partial charge in [-0.1, -0.05) is 0 Å². The normalized spacial score (nSPS) is 18.8. The fourth-order valence-electron chi connectivity index (χ4n) is 1.82. The topological polar surface area (TPSA) is 66.4 Å². The molecule has 2 N–H and O–H groups in total. The Kier molecular flexibility index (Phi) is 5.04. The third-order valence-corrected chi connectivity index (χ3v) is 5.08. The van der Waals surface area contributed by atoms with Crippen LogP contribution < -0.4 is 5.32 Å². The summed E-state index contributed by atoms with van der Waals surface area (Å²) < 4.78 is 0. The molecule has 2 rings (SSSR count). The third kappa shape index (κ3) is 4.40. The van der Waals surface area contributed by atoms with Gasteiger partial charge in [-0.2, -0.15) is 0 Å². The lowest BCUT2D eigenvalue weighted by molar-refractivity contribution is -0.131. The summed E-state index contributed by atoms with van der Waals surface area (Å²) in [6, 6.07) is 1.90. The molecule has 0 spiro atoms. The average Bonchev–Trinajstić information content (AvgIpc) is 3.04. The Hall–Kier alpha value is -1.27. The van der Waals surface area contributed by atoms with Crippen molar-refractivity contribution in [2.75, 3.05) is 5.75 Å². The molecular weight excluding hydrogens is 282 g/mol. The fourth-order valence-corrected chi connectivity index (χ4v) is 3.80. The molecule has 0 aromatic carbocycles. The highest BCUT2D eigenvalue weighted by atomic mass is 32.2. The van der Waals surface area contributed by atoms with Gasteiger partial charge in [0.05, 0.1) is 11.8 Å². The van der Waals surface area contributed by atoms with Crippen molar-refractivity contribution in [3.05, 3.63) is 28.0 Å². The van der Waals surface area contributed by atoms with Gasteiger partial charge in [0.15, 0.2) is 0 Å². The number of carbonyl (C=O) groups excluding carboxylic acids is 1. The molecule has 1 aromatic heterocycles. The van der Waals surface area contributed by atoms with Crippen LogP contribution in [0.1, 0.15) is 23.3 Å². The van der Waals surface area contributed by atoms with Gasteiger partial charge in [0.2, 0.25) is 5.91 Å². The zero-order chi connectivity index (χ0) is 13.7. The van der Waals surface area contributed by atoms with Crippen LogP contribution in [0.4, 0.5) is 0 Å². The van der Waals surface area contributed by atoms with Crippen LogP contribution in [0.15, 0.2) is 17.5 Å². The van der Waals surface area contributed by atoms with E-state index in [-0.39, 0.29) is 11.2 Å². The van der Waals surface area contributed by atoms with E-state index in [1.807, 2.05) is 11.4 Å². The summed E-state index contributed by atoms with van der Waals surface area (Å²) in [5.41, 5.74) is 0.854. The first-order valence-electron chi connectivity index (χ1n) is 6.03. The van der Waals surface area contributed by atoms with Crippen molar-refractivity contribution in [3.63, 3.8) is 0 Å². The Balaban J connectivity index is 1.82. The van der Waals surface area contributed by atoms with Crippen LogP contribution in [0.3, 0.4) is 0 Å². The lowest BCUT2D eigenvalue weighted by Crippen LogP contribution is -2.30. The van der Waals surface area contributed by atoms with E-state index in [0.29, 0.717) is 6.54 Å². The Morgan fingerprint density at radius 3 is 3.05 bits per heavy atom. The van der Waals surface area contributed by atoms with E-state index in [1.165, 1.54) is 11.3 Å². The minimum atomic E-state index is -0.959. The van der Waals surface area contributed by atoms with Crippen LogP contribution in [0.5, 0.6) is 0 Å². The van der Waals surface area contributed by atoms with Crippen molar-refractivity contribution in [1.29, 1.82) is 0 Å². The lowest BCUT2D eigenvalue weighted by Gasteiger charge is -2.08. The molecule has 1 saturated heterocycles. The number of nitrogens with one attached hydrogen (secondary N) is 1. The number of rotatable bonds is 5. The van der Waals surface area contributed by atoms with Crippen molar-refractivity contribution >= 4 is 41.1 Å². The molecular formula is C13H15NO3S2. The van der Waals surface area contributed by atoms with Gasteiger partial charge in [0.25, 0.3) is 0 Å². The molecule has 4 nitrogen and oxygen atoms in total. The molecule has 1 unspecified atom stereocenters. The number of carbonyl (C=O) groups is 2. The molecule has 1 aromatic rings. The standard InChI is InChI=1S/C13H15NO3S2/c15-12(16)4-3-9-6-10(19-8-9)7-14-13(17)11-2-1-5-18-11/h3-4,6,8,11H,1-2,5,7H2,(H,14,17)(H,15,16). The maximum atomic E-state index is 11.8. The SMILES string of the molecule is O=C(O)C=Cc1csc(CNC(=O)C2CCCS2)c1. The Labute approximate surface area is 119 Å². The maximum Gasteiger partial charge on any atom is 0.328 e. The summed E-state index contributed by atoms with van der Waals surface area (Å²) in [7, 11) is 0. The largest absolute Gasteiger partial charge is 0.478 e. The first kappa shape index (κ1) is 14.1. The van der Waals surface area contributed by atoms with E-state index in [2.05, 4.69) is 5.32 Å². The summed E-state index contributed by atoms with van der Waals surface area (Å²) in [5, 5.41) is 13.4. The molecule has 1 aliphatic heterocycles. The molecule has 1 aliphatic rings. The second-order valence-corrected chi connectivity index (χ2v) is 6.54. The summed E-state index contributed by atoms with van der Waals surface area (Å²) in [5.74, 6) is 0.221. The Morgan fingerprint density at radius 1 is 1.53 bits per heavy atom. The fraction of sp³-hybridized carbons (Fsp3) is 0.385. The van der Waals surface area contributed by atoms with Crippen LogP contribution in [0.25, 0.3) is 6.08 Å². The molecule has 6 heteroatoms. The number of thioether (sulfide) groups is 1. The van der Waals surface area contributed by atoms with E-state index in [1.54, 1.807) is 17.8 Å². The average molecular weight is 297 g/mol. The smallest absolute Gasteiger partial charge is 0.328 e. The highest BCUT2D eigenvalue weighted by Crippen LogP contribution is 2.26. The van der Waals surface area contributed by atoms with Gasteiger partial charge in [-0.3, -0.25) is 4.79 Å². The number of amides is 1. The number of carboxylic acids is 1. The van der Waals surface area contributed by atoms with Gasteiger partial charge < -0.3 is 10.4 Å². The van der Waals surface area contributed by atoms with Crippen LogP contribution in [0, 0.1) is 0 Å². The quantitative estimate of drug-likeness (QED) is 0.819. The molecule has 1 atom stereocenters. The molecule has 19 heavy (non-hydrogen) atoms. The van der Waals surface area contributed by atoms with Gasteiger partial charge in [0.1, 0.15) is 0 Å². The zero-order valence-corrected chi connectivity index (χ0v) is 11.9. The number of carboxylic acid groups (broad SMARTS) is 1. The summed E-state index contributed by atoms with van der Waals surface area (Å²) in [6.45, 7) is 0.515. The molecule has 1 fully saturated rings. The molecule has 0 aliphatic carbocycles. The van der Waals surface area contributed by atoms with Crippen LogP contribution >= 0.6 is 23.1 Å². The van der Waals surface area contributed by atoms with Crippen molar-refractivity contribution in [2.24, 2.45) is 0 Å². The number of hydrogen-bond acceptors (Lipinski definition) is 4. The van der Waals surface area contributed by atoms with Gasteiger partial charge in [-0.05, 0) is 41.7 Å². The van der Waals surface area contributed by atoms with E-state index < -0.39 is 5.97 Å². The van der Waals surface area contributed by atoms with Crippen molar-refractivity contribution in [3.8, 4) is 0 Å². The molecule has 102 valence electrons. The Bertz CT molecular complexity index is 490. The lowest BCUT2D eigenvalue weighted by atomic mass is 10.2. The van der Waals surface area contributed by atoms with Gasteiger partial charge in [-0.15, -0.1) is 23.1 Å². The first-order valence-corrected chi connectivity index (χ1v) is 7.96. The molecule has 2 heterocycles. The summed E-state index contributed by atoms with van der Waals surface area (Å²) in [4.78, 5) is 23.2. The zero-order valence-electron chi connectivity index (χ0n) is 10.3. The van der Waals surface area contributed by atoms with Crippen molar-refractivity contribution in [2.45, 2.75) is 24.6 Å². The Morgan fingerprint density at radius 2 is 2.37 bits per heavy atom. The van der Waals surface area contributed by atoms with E-state index in [4.69, 9.17) is 5.11 Å². The minimum Gasteiger partial charge on any atom is -0.478 e. The molecule has 1 amide bonds. The van der Waals surface area contributed by atoms with E-state index in [0.717, 1.165) is 35.1 Å². The van der Waals surface area contributed by atoms with Gasteiger partial charge in [-0.25, -0.2) is 4.79 Å². The maximum absolute atomic E-state index is 11.8. The molecule has 0 saturated carbocycles. The number of thiophene rings is 1. The van der Waals surface area contributed by atoms with Gasteiger partial charge in [0, 0.05) is 11.0 Å². The first-order chi connectivity index (χ1) is 9.15. The summed E-state index contributed by atoms with van der Waals surface area (Å²) >= 11 is 3.24. The van der Waals surface area contributed by atoms with Crippen LogP contribution in [-0.2, 0) is 16.1 Å². The van der Waals surface area contributed by atoms with E-state index in [9.17, 15) is 9.59 Å². The van der Waals surface area contributed by atoms with Crippen LogP contribution in [-0.4, -0.2) is 28.0 Å². The summed E-state index contributed by atoms with van der Waals surface area (Å²) in [6.07, 6.45) is 4.75. The highest BCUT2D eigenvalue weighted by Gasteiger charge is 2.22. The van der Waals surface area contributed by atoms with Crippen molar-refractivity contribution in [1.82, 2.24) is 5.32 Å². The third-order valence-electron chi connectivity index (χ3n) is 2.75. The molecule has 0 bridgehead atoms. The predicted molar refractivity (Wildman–Crippen MR) is 78.3 cm³/mol. The van der Waals surface area contributed by atoms with Gasteiger partial charge >= 0.3 is 5.97 Å². The number of aliphatic carboxylic acids is 1. The molecule has 0 radical (unpaired) electrons. The number of hydrogen-bond donors (Lipinski definition) is 2. The van der Waals surface area contributed by atoms with Crippen LogP contribution in [0.2, 0.25) is 0 Å². The van der Waals surface area contributed by atoms with Crippen molar-refractivity contribution < 1.29 is 14.7 Å². The monoisotopic (exact) mass is 297 g/mol. The minimum absolute atomic E-state index is 0.103. The van der Waals surface area contributed by atoms with E-state index >= 15 is 0 Å². The predicted octanol–water partition coefficient (Wildman–Crippen LogP) is 2.36. The second kappa shape index (κ2) is 6.77. The second-order valence-electron chi connectivity index (χ2n) is 4.24. The highest BCUT2D eigenvalue weighted by molar-refractivity contribution is 8.00.